The highest BCUT2D eigenvalue weighted by Crippen LogP contribution is 2.29. The Morgan fingerprint density at radius 2 is 2.00 bits per heavy atom. The molecule has 3 nitrogen and oxygen atoms in total. The third kappa shape index (κ3) is 2.08. The molecule has 0 bridgehead atoms. The van der Waals surface area contributed by atoms with Crippen molar-refractivity contribution >= 4 is 16.5 Å². The largest absolute Gasteiger partial charge is 0.421 e. The summed E-state index contributed by atoms with van der Waals surface area (Å²) in [7, 11) is 0. The molecule has 13 heavy (non-hydrogen) atoms. The molecule has 0 fully saturated rings. The van der Waals surface area contributed by atoms with E-state index in [9.17, 15) is 22.4 Å². The molecule has 0 N–H and O–H groups in total. The van der Waals surface area contributed by atoms with E-state index in [0.29, 0.717) is 3.67 Å². The maximum Gasteiger partial charge on any atom is 0.421 e. The van der Waals surface area contributed by atoms with Gasteiger partial charge in [-0.1, -0.05) is 0 Å². The van der Waals surface area contributed by atoms with E-state index in [1.165, 1.54) is 0 Å². The van der Waals surface area contributed by atoms with Gasteiger partial charge in [0.1, 0.15) is 5.56 Å². The van der Waals surface area contributed by atoms with E-state index in [1.807, 2.05) is 0 Å². The summed E-state index contributed by atoms with van der Waals surface area (Å²) < 4.78 is 49.0. The fourth-order valence-corrected chi connectivity index (χ4v) is 1.01. The van der Waals surface area contributed by atoms with Gasteiger partial charge in [-0.25, -0.2) is 0 Å². The van der Waals surface area contributed by atoms with Crippen LogP contribution in [0.5, 0.6) is 0 Å². The molecule has 0 aliphatic carbocycles. The van der Waals surface area contributed by atoms with Gasteiger partial charge >= 0.3 is 22.7 Å². The molecule has 0 aliphatic heterocycles. The maximum absolute atomic E-state index is 12.6. The zero-order valence-electron chi connectivity index (χ0n) is 6.39. The first-order valence-corrected chi connectivity index (χ1v) is 4.03. The highest BCUT2D eigenvalue weighted by Gasteiger charge is 2.35. The van der Waals surface area contributed by atoms with Crippen molar-refractivity contribution in [1.29, 1.82) is 0 Å². The van der Waals surface area contributed by atoms with Crippen molar-refractivity contribution in [2.75, 3.05) is 0 Å². The van der Waals surface area contributed by atoms with E-state index in [1.54, 1.807) is 0 Å². The Morgan fingerprint density at radius 3 is 2.46 bits per heavy atom. The number of nitrogens with zero attached hydrogens (tertiary/aromatic N) is 2. The van der Waals surface area contributed by atoms with Gasteiger partial charge in [-0.15, -0.1) is 0 Å². The second-order valence-electron chi connectivity index (χ2n) is 2.31. The summed E-state index contributed by atoms with van der Waals surface area (Å²) in [5.74, 6) is -1.66. The first kappa shape index (κ1) is 10.2. The molecule has 8 heteroatoms. The lowest BCUT2D eigenvalue weighted by atomic mass is 10.3. The van der Waals surface area contributed by atoms with Crippen molar-refractivity contribution in [1.82, 2.24) is 8.76 Å². The number of halogens is 4. The highest BCUT2D eigenvalue weighted by molar-refractivity contribution is 6.05. The summed E-state index contributed by atoms with van der Waals surface area (Å²) >= 11 is 0.0451. The molecule has 0 spiro atoms. The predicted molar refractivity (Wildman–Crippen MR) is 37.4 cm³/mol. The van der Waals surface area contributed by atoms with Crippen LogP contribution < -0.4 is 5.56 Å². The van der Waals surface area contributed by atoms with Crippen molar-refractivity contribution in [2.24, 2.45) is 0 Å². The highest BCUT2D eigenvalue weighted by atomic mass is 27.1. The minimum atomic E-state index is -4.87. The molecule has 0 aromatic carbocycles. The van der Waals surface area contributed by atoms with Crippen LogP contribution in [0.25, 0.3) is 0 Å². The lowest BCUT2D eigenvalue weighted by Crippen LogP contribution is -2.25. The summed E-state index contributed by atoms with van der Waals surface area (Å²) in [5, 5.41) is 2.82. The van der Waals surface area contributed by atoms with Crippen LogP contribution in [0.1, 0.15) is 5.56 Å². The van der Waals surface area contributed by atoms with Crippen molar-refractivity contribution in [3.63, 3.8) is 0 Å². The Balaban J connectivity index is 3.41. The standard InChI is InChI=1S/C5H2F4N2O.Al.2H/c6-4-2(5(7,8)9)1-3(12)10-11-4;;;/h1H,(H,10,12);;;/q;+1;;/p-1. The Labute approximate surface area is 77.6 Å². The Morgan fingerprint density at radius 1 is 1.46 bits per heavy atom. The number of alkyl halides is 3. The van der Waals surface area contributed by atoms with Gasteiger partial charge in [-0.2, -0.15) is 22.7 Å². The van der Waals surface area contributed by atoms with E-state index < -0.39 is 23.2 Å². The second-order valence-corrected chi connectivity index (χ2v) is 3.16. The second kappa shape index (κ2) is 3.12. The zero-order chi connectivity index (χ0) is 10.2. The van der Waals surface area contributed by atoms with Gasteiger partial charge in [-0.3, -0.25) is 4.79 Å². The van der Waals surface area contributed by atoms with Crippen molar-refractivity contribution in [2.45, 2.75) is 6.18 Å². The molecule has 1 aromatic heterocycles. The van der Waals surface area contributed by atoms with Gasteiger partial charge < -0.3 is 3.67 Å². The quantitative estimate of drug-likeness (QED) is 0.439. The number of aromatic nitrogens is 2. The van der Waals surface area contributed by atoms with Gasteiger partial charge in [0.2, 0.25) is 11.5 Å². The van der Waals surface area contributed by atoms with E-state index in [-0.39, 0.29) is 22.6 Å². The number of hydrogen-bond donors (Lipinski definition) is 0. The van der Waals surface area contributed by atoms with E-state index in [0.717, 1.165) is 0 Å². The van der Waals surface area contributed by atoms with Crippen LogP contribution in [0.2, 0.25) is 0 Å². The van der Waals surface area contributed by atoms with Gasteiger partial charge in [-0.05, 0) is 0 Å². The molecule has 1 heterocycles. The van der Waals surface area contributed by atoms with Crippen LogP contribution in [0.15, 0.2) is 10.9 Å². The number of hydrogen-bond acceptors (Lipinski definition) is 2. The van der Waals surface area contributed by atoms with Gasteiger partial charge in [0.05, 0.1) is 0 Å². The third-order valence-electron chi connectivity index (χ3n) is 1.35. The summed E-state index contributed by atoms with van der Waals surface area (Å²) in [5.41, 5.74) is -2.56. The molecule has 0 saturated carbocycles. The molecular weight excluding hydrogens is 207 g/mol. The minimum absolute atomic E-state index is 0.0451. The molecule has 0 amide bonds. The van der Waals surface area contributed by atoms with Gasteiger partial charge in [0, 0.05) is 6.07 Å². The summed E-state index contributed by atoms with van der Waals surface area (Å²) in [6.07, 6.45) is -4.87. The third-order valence-corrected chi connectivity index (χ3v) is 1.99. The smallest absolute Gasteiger partial charge is 0.335 e. The van der Waals surface area contributed by atoms with E-state index in [4.69, 9.17) is 0 Å². The Bertz CT molecular complexity index is 385. The van der Waals surface area contributed by atoms with Crippen LogP contribution in [-0.4, -0.2) is 25.3 Å². The molecule has 0 unspecified atom stereocenters. The average molecular weight is 210 g/mol. The van der Waals surface area contributed by atoms with Crippen LogP contribution in [0.4, 0.5) is 17.6 Å². The number of rotatable bonds is 0. The fourth-order valence-electron chi connectivity index (χ4n) is 0.710. The average Bonchev–Trinajstić information content (AvgIpc) is 1.94. The molecule has 70 valence electrons. The molecule has 1 aromatic rings. The fraction of sp³-hybridized carbons (Fsp3) is 0.200. The maximum atomic E-state index is 12.6. The SMILES string of the molecule is O=c1cc(C(F)(F)F)c(F)n[n]1[AlH2]. The Kier molecular flexibility index (Phi) is 2.45. The Hall–Kier alpha value is -0.868. The minimum Gasteiger partial charge on any atom is -0.335 e. The molecule has 0 atom stereocenters. The summed E-state index contributed by atoms with van der Waals surface area (Å²) in [6, 6.07) is 0.204. The molecule has 0 aliphatic rings. The molecule has 1 rings (SSSR count). The predicted octanol–water partition coefficient (Wildman–Crippen LogP) is -0.203. The molecular formula is C5H3AlF4N2O. The summed E-state index contributed by atoms with van der Waals surface area (Å²) in [4.78, 5) is 10.7. The van der Waals surface area contributed by atoms with Crippen molar-refractivity contribution in [3.8, 4) is 0 Å². The van der Waals surface area contributed by atoms with E-state index in [2.05, 4.69) is 5.10 Å². The monoisotopic (exact) mass is 210 g/mol. The van der Waals surface area contributed by atoms with Crippen LogP contribution in [-0.2, 0) is 6.18 Å². The lowest BCUT2D eigenvalue weighted by Gasteiger charge is -2.07. The van der Waals surface area contributed by atoms with Crippen LogP contribution >= 0.6 is 0 Å². The van der Waals surface area contributed by atoms with Crippen LogP contribution in [0.3, 0.4) is 0 Å². The lowest BCUT2D eigenvalue weighted by molar-refractivity contribution is -0.140. The van der Waals surface area contributed by atoms with Crippen molar-refractivity contribution in [3.05, 3.63) is 27.9 Å². The van der Waals surface area contributed by atoms with E-state index >= 15 is 0 Å². The van der Waals surface area contributed by atoms with Crippen molar-refractivity contribution < 1.29 is 17.6 Å². The normalized spacial score (nSPS) is 11.7. The topological polar surface area (TPSA) is 34.9 Å². The van der Waals surface area contributed by atoms with Gasteiger partial charge in [0.15, 0.2) is 0 Å². The molecule has 0 saturated heterocycles. The summed E-state index contributed by atoms with van der Waals surface area (Å²) in [6.45, 7) is 0. The van der Waals surface area contributed by atoms with Crippen LogP contribution in [0, 0.1) is 5.95 Å². The van der Waals surface area contributed by atoms with Gasteiger partial charge in [0.25, 0.3) is 0 Å². The first-order chi connectivity index (χ1) is 5.82. The first-order valence-electron chi connectivity index (χ1n) is 3.13. The zero-order valence-corrected chi connectivity index (χ0v) is 8.39. The molecule has 0 radical (unpaired) electrons.